The Morgan fingerprint density at radius 3 is 2.39 bits per heavy atom. The zero-order valence-electron chi connectivity index (χ0n) is 21.1. The van der Waals surface area contributed by atoms with Gasteiger partial charge in [0.15, 0.2) is 16.9 Å². The highest BCUT2D eigenvalue weighted by molar-refractivity contribution is 5.99. The van der Waals surface area contributed by atoms with Gasteiger partial charge in [-0.3, -0.25) is 9.59 Å². The summed E-state index contributed by atoms with van der Waals surface area (Å²) in [5, 5.41) is 0.0507. The van der Waals surface area contributed by atoms with E-state index in [0.717, 1.165) is 18.9 Å². The molecule has 0 fully saturated rings. The van der Waals surface area contributed by atoms with Crippen molar-refractivity contribution in [2.75, 3.05) is 13.2 Å². The lowest BCUT2D eigenvalue weighted by Gasteiger charge is -2.26. The molecule has 0 spiro atoms. The molecule has 3 aromatic carbocycles. The molecule has 1 amide bonds. The van der Waals surface area contributed by atoms with E-state index in [2.05, 4.69) is 6.92 Å². The minimum atomic E-state index is -0.838. The van der Waals surface area contributed by atoms with Gasteiger partial charge in [0.1, 0.15) is 17.2 Å². The van der Waals surface area contributed by atoms with Gasteiger partial charge in [0.2, 0.25) is 5.76 Å². The summed E-state index contributed by atoms with van der Waals surface area (Å²) < 4.78 is 45.2. The third-order valence-electron chi connectivity index (χ3n) is 6.53. The van der Waals surface area contributed by atoms with E-state index >= 15 is 0 Å². The smallest absolute Gasteiger partial charge is 0.291 e. The number of carbonyl (C=O) groups is 1. The first-order valence-corrected chi connectivity index (χ1v) is 12.6. The average molecular weight is 520 g/mol. The number of unbranched alkanes of at least 4 members (excludes halogenated alkanes) is 1. The quantitative estimate of drug-likeness (QED) is 0.240. The second-order valence-corrected chi connectivity index (χ2v) is 9.12. The number of carbonyl (C=O) groups excluding carboxylic acids is 1. The van der Waals surface area contributed by atoms with Crippen LogP contribution in [0.5, 0.6) is 11.5 Å². The summed E-state index contributed by atoms with van der Waals surface area (Å²) in [6.45, 7) is 4.93. The second kappa shape index (κ2) is 10.7. The number of fused-ring (bicyclic) bond motifs is 2. The Kier molecular flexibility index (Phi) is 7.13. The van der Waals surface area contributed by atoms with E-state index in [1.54, 1.807) is 30.3 Å². The minimum Gasteiger partial charge on any atom is -0.490 e. The Hall–Kier alpha value is -4.20. The molecular weight excluding hydrogens is 492 g/mol. The van der Waals surface area contributed by atoms with Gasteiger partial charge in [-0.15, -0.1) is 0 Å². The molecule has 0 radical (unpaired) electrons. The molecule has 4 aromatic rings. The molecule has 0 saturated carbocycles. The van der Waals surface area contributed by atoms with Crippen LogP contribution in [0.15, 0.2) is 69.9 Å². The van der Waals surface area contributed by atoms with E-state index in [1.165, 1.54) is 29.2 Å². The number of nitrogens with zero attached hydrogens (tertiary/aromatic N) is 1. The van der Waals surface area contributed by atoms with Crippen LogP contribution in [-0.2, 0) is 6.54 Å². The first-order chi connectivity index (χ1) is 18.4. The number of amides is 1. The number of hydrogen-bond donors (Lipinski definition) is 0. The largest absolute Gasteiger partial charge is 0.490 e. The van der Waals surface area contributed by atoms with E-state index < -0.39 is 29.0 Å². The highest BCUT2D eigenvalue weighted by Gasteiger charge is 2.43. The van der Waals surface area contributed by atoms with Gasteiger partial charge in [-0.25, -0.2) is 8.78 Å². The molecule has 0 bridgehead atoms. The molecule has 0 N–H and O–H groups in total. The fourth-order valence-corrected chi connectivity index (χ4v) is 4.70. The predicted molar refractivity (Wildman–Crippen MR) is 139 cm³/mol. The number of rotatable bonds is 9. The van der Waals surface area contributed by atoms with Gasteiger partial charge in [-0.05, 0) is 66.9 Å². The van der Waals surface area contributed by atoms with E-state index in [9.17, 15) is 18.4 Å². The lowest BCUT2D eigenvalue weighted by Crippen LogP contribution is -2.29. The van der Waals surface area contributed by atoms with Crippen LogP contribution >= 0.6 is 0 Å². The molecule has 196 valence electrons. The molecule has 6 nitrogen and oxygen atoms in total. The monoisotopic (exact) mass is 519 g/mol. The molecule has 8 heteroatoms. The van der Waals surface area contributed by atoms with Crippen molar-refractivity contribution < 1.29 is 27.5 Å². The highest BCUT2D eigenvalue weighted by Crippen LogP contribution is 2.42. The Labute approximate surface area is 218 Å². The van der Waals surface area contributed by atoms with Gasteiger partial charge < -0.3 is 18.8 Å². The number of benzene rings is 3. The minimum absolute atomic E-state index is 0.0507. The maximum absolute atomic E-state index is 14.1. The van der Waals surface area contributed by atoms with Crippen molar-refractivity contribution in [3.63, 3.8) is 0 Å². The van der Waals surface area contributed by atoms with Crippen molar-refractivity contribution in [3.05, 3.63) is 105 Å². The fraction of sp³-hybridized carbons (Fsp3) is 0.267. The molecule has 1 aliphatic rings. The number of ether oxygens (including phenoxy) is 2. The van der Waals surface area contributed by atoms with Crippen LogP contribution in [0, 0.1) is 11.6 Å². The number of halogens is 2. The van der Waals surface area contributed by atoms with Crippen LogP contribution in [0.2, 0.25) is 0 Å². The SMILES string of the molecule is CCCCOc1ccc(C2c3c(oc4ccc(F)cc4c3=O)C(=O)N2Cc2ccc(F)cc2)cc1OCC. The van der Waals surface area contributed by atoms with Gasteiger partial charge in [-0.1, -0.05) is 31.5 Å². The molecule has 2 heterocycles. The van der Waals surface area contributed by atoms with Crippen LogP contribution in [0.25, 0.3) is 11.0 Å². The Bertz CT molecular complexity index is 1550. The fourth-order valence-electron chi connectivity index (χ4n) is 4.70. The molecule has 0 saturated heterocycles. The van der Waals surface area contributed by atoms with Crippen molar-refractivity contribution in [1.29, 1.82) is 0 Å². The van der Waals surface area contributed by atoms with E-state index in [1.807, 2.05) is 6.92 Å². The van der Waals surface area contributed by atoms with E-state index in [-0.39, 0.29) is 28.8 Å². The predicted octanol–water partition coefficient (Wildman–Crippen LogP) is 6.39. The first kappa shape index (κ1) is 25.4. The lowest BCUT2D eigenvalue weighted by atomic mass is 9.97. The van der Waals surface area contributed by atoms with Crippen LogP contribution in [-0.4, -0.2) is 24.0 Å². The number of hydrogen-bond acceptors (Lipinski definition) is 5. The third kappa shape index (κ3) is 4.74. The van der Waals surface area contributed by atoms with Gasteiger partial charge in [0.25, 0.3) is 5.91 Å². The van der Waals surface area contributed by atoms with Crippen molar-refractivity contribution in [3.8, 4) is 11.5 Å². The molecule has 38 heavy (non-hydrogen) atoms. The van der Waals surface area contributed by atoms with Crippen LogP contribution in [0.4, 0.5) is 8.78 Å². The zero-order chi connectivity index (χ0) is 26.8. The normalized spacial score (nSPS) is 14.7. The van der Waals surface area contributed by atoms with Crippen molar-refractivity contribution in [2.24, 2.45) is 0 Å². The Morgan fingerprint density at radius 1 is 0.895 bits per heavy atom. The summed E-state index contributed by atoms with van der Waals surface area (Å²) >= 11 is 0. The second-order valence-electron chi connectivity index (χ2n) is 9.12. The van der Waals surface area contributed by atoms with Gasteiger partial charge in [0, 0.05) is 6.54 Å². The summed E-state index contributed by atoms with van der Waals surface area (Å²) in [5.74, 6) is -0.514. The molecular formula is C30H27F2NO5. The Morgan fingerprint density at radius 2 is 1.66 bits per heavy atom. The third-order valence-corrected chi connectivity index (χ3v) is 6.53. The van der Waals surface area contributed by atoms with Crippen LogP contribution < -0.4 is 14.9 Å². The highest BCUT2D eigenvalue weighted by atomic mass is 19.1. The zero-order valence-corrected chi connectivity index (χ0v) is 21.1. The lowest BCUT2D eigenvalue weighted by molar-refractivity contribution is 0.0714. The van der Waals surface area contributed by atoms with E-state index in [4.69, 9.17) is 13.9 Å². The Balaban J connectivity index is 1.66. The first-order valence-electron chi connectivity index (χ1n) is 12.6. The van der Waals surface area contributed by atoms with Crippen LogP contribution in [0.1, 0.15) is 60.0 Å². The molecule has 1 aliphatic heterocycles. The summed E-state index contributed by atoms with van der Waals surface area (Å²) in [4.78, 5) is 28.8. The molecule has 5 rings (SSSR count). The molecule has 1 aromatic heterocycles. The summed E-state index contributed by atoms with van der Waals surface area (Å²) in [6.07, 6.45) is 1.86. The van der Waals surface area contributed by atoms with Crippen molar-refractivity contribution in [1.82, 2.24) is 4.90 Å². The summed E-state index contributed by atoms with van der Waals surface area (Å²) in [7, 11) is 0. The topological polar surface area (TPSA) is 69.0 Å². The molecule has 1 atom stereocenters. The van der Waals surface area contributed by atoms with E-state index in [0.29, 0.717) is 35.8 Å². The summed E-state index contributed by atoms with van der Waals surface area (Å²) in [5.41, 5.74) is 1.04. The van der Waals surface area contributed by atoms with Gasteiger partial charge in [-0.2, -0.15) is 0 Å². The van der Waals surface area contributed by atoms with Crippen LogP contribution in [0.3, 0.4) is 0 Å². The average Bonchev–Trinajstić information content (AvgIpc) is 3.18. The van der Waals surface area contributed by atoms with Gasteiger partial charge in [0.05, 0.1) is 30.2 Å². The van der Waals surface area contributed by atoms with Crippen molar-refractivity contribution >= 4 is 16.9 Å². The summed E-state index contributed by atoms with van der Waals surface area (Å²) in [6, 6.07) is 13.9. The standard InChI is InChI=1S/C30H27F2NO5/c1-3-5-14-37-24-12-8-19(15-25(24)36-4-2)27-26-28(34)22-16-21(32)11-13-23(22)38-29(26)30(35)33(27)17-18-6-9-20(31)10-7-18/h6-13,15-16,27H,3-5,14,17H2,1-2H3. The maximum Gasteiger partial charge on any atom is 0.291 e. The maximum atomic E-state index is 14.1. The van der Waals surface area contributed by atoms with Gasteiger partial charge >= 0.3 is 0 Å². The molecule has 0 aliphatic carbocycles. The molecule has 1 unspecified atom stereocenters. The van der Waals surface area contributed by atoms with Crippen molar-refractivity contribution in [2.45, 2.75) is 39.3 Å².